The van der Waals surface area contributed by atoms with E-state index in [1.54, 1.807) is 31.5 Å². The predicted molar refractivity (Wildman–Crippen MR) is 78.7 cm³/mol. The van der Waals surface area contributed by atoms with E-state index in [2.05, 4.69) is 4.98 Å². The zero-order chi connectivity index (χ0) is 16.2. The third-order valence-electron chi connectivity index (χ3n) is 3.26. The highest BCUT2D eigenvalue weighted by atomic mass is 32.2. The average Bonchev–Trinajstić information content (AvgIpc) is 2.51. The Morgan fingerprint density at radius 2 is 1.82 bits per heavy atom. The molecule has 0 bridgehead atoms. The second kappa shape index (κ2) is 6.93. The maximum atomic E-state index is 13.7. The monoisotopic (exact) mass is 326 g/mol. The van der Waals surface area contributed by atoms with Crippen LogP contribution in [0.2, 0.25) is 0 Å². The van der Waals surface area contributed by atoms with Crippen molar-refractivity contribution in [1.29, 1.82) is 0 Å². The fourth-order valence-corrected chi connectivity index (χ4v) is 3.59. The van der Waals surface area contributed by atoms with Crippen molar-refractivity contribution in [2.75, 3.05) is 13.1 Å². The third kappa shape index (κ3) is 3.66. The zero-order valence-corrected chi connectivity index (χ0v) is 12.9. The van der Waals surface area contributed by atoms with Gasteiger partial charge in [-0.3, -0.25) is 4.98 Å². The SMILES string of the molecule is CCN(CCc1ccncc1)S(=O)(=O)c1cc(F)ccc1F. The first-order valence-electron chi connectivity index (χ1n) is 6.79. The highest BCUT2D eigenvalue weighted by Crippen LogP contribution is 2.20. The van der Waals surface area contributed by atoms with Gasteiger partial charge in [0.25, 0.3) is 0 Å². The molecule has 0 spiro atoms. The van der Waals surface area contributed by atoms with Gasteiger partial charge in [-0.15, -0.1) is 0 Å². The highest BCUT2D eigenvalue weighted by molar-refractivity contribution is 7.89. The Bertz CT molecular complexity index is 736. The first kappa shape index (κ1) is 16.5. The smallest absolute Gasteiger partial charge is 0.246 e. The molecule has 1 aromatic heterocycles. The molecule has 0 aliphatic rings. The summed E-state index contributed by atoms with van der Waals surface area (Å²) in [6.45, 7) is 2.00. The fraction of sp³-hybridized carbons (Fsp3) is 0.267. The second-order valence-corrected chi connectivity index (χ2v) is 6.58. The summed E-state index contributed by atoms with van der Waals surface area (Å²) in [4.78, 5) is 3.25. The van der Waals surface area contributed by atoms with Crippen LogP contribution in [0.4, 0.5) is 8.78 Å². The molecular formula is C15H16F2N2O2S. The van der Waals surface area contributed by atoms with Gasteiger partial charge in [-0.2, -0.15) is 4.31 Å². The summed E-state index contributed by atoms with van der Waals surface area (Å²) in [5.74, 6) is -1.74. The number of hydrogen-bond acceptors (Lipinski definition) is 3. The molecule has 22 heavy (non-hydrogen) atoms. The van der Waals surface area contributed by atoms with Crippen LogP contribution in [-0.4, -0.2) is 30.8 Å². The van der Waals surface area contributed by atoms with Crippen LogP contribution in [-0.2, 0) is 16.4 Å². The Labute approximate surface area is 128 Å². The summed E-state index contributed by atoms with van der Waals surface area (Å²) in [6, 6.07) is 5.98. The molecule has 0 saturated heterocycles. The van der Waals surface area contributed by atoms with Crippen molar-refractivity contribution in [2.24, 2.45) is 0 Å². The van der Waals surface area contributed by atoms with Gasteiger partial charge >= 0.3 is 0 Å². The quantitative estimate of drug-likeness (QED) is 0.820. The van der Waals surface area contributed by atoms with Gasteiger partial charge < -0.3 is 0 Å². The maximum Gasteiger partial charge on any atom is 0.246 e. The van der Waals surface area contributed by atoms with Crippen molar-refractivity contribution in [3.05, 3.63) is 59.9 Å². The van der Waals surface area contributed by atoms with E-state index in [1.807, 2.05) is 0 Å². The second-order valence-electron chi connectivity index (χ2n) is 4.68. The van der Waals surface area contributed by atoms with Gasteiger partial charge in [-0.05, 0) is 42.3 Å². The molecule has 7 heteroatoms. The Hall–Kier alpha value is -1.86. The lowest BCUT2D eigenvalue weighted by Crippen LogP contribution is -2.33. The van der Waals surface area contributed by atoms with Crippen LogP contribution in [0.15, 0.2) is 47.6 Å². The van der Waals surface area contributed by atoms with E-state index in [-0.39, 0.29) is 13.1 Å². The number of aromatic nitrogens is 1. The standard InChI is InChI=1S/C15H16F2N2O2S/c1-2-19(10-7-12-5-8-18-9-6-12)22(20,21)15-11-13(16)3-4-14(15)17/h3-6,8-9,11H,2,7,10H2,1H3. The summed E-state index contributed by atoms with van der Waals surface area (Å²) >= 11 is 0. The van der Waals surface area contributed by atoms with Crippen LogP contribution in [0.1, 0.15) is 12.5 Å². The maximum absolute atomic E-state index is 13.7. The molecule has 0 unspecified atom stereocenters. The van der Waals surface area contributed by atoms with E-state index in [9.17, 15) is 17.2 Å². The van der Waals surface area contributed by atoms with Crippen LogP contribution < -0.4 is 0 Å². The molecule has 0 atom stereocenters. The number of benzene rings is 1. The first-order valence-corrected chi connectivity index (χ1v) is 8.23. The van der Waals surface area contributed by atoms with Crippen LogP contribution in [0.3, 0.4) is 0 Å². The minimum Gasteiger partial charge on any atom is -0.265 e. The fourth-order valence-electron chi connectivity index (χ4n) is 2.07. The molecule has 0 saturated carbocycles. The van der Waals surface area contributed by atoms with E-state index in [0.717, 1.165) is 22.0 Å². The summed E-state index contributed by atoms with van der Waals surface area (Å²) in [5.41, 5.74) is 0.920. The number of nitrogens with zero attached hydrogens (tertiary/aromatic N) is 2. The lowest BCUT2D eigenvalue weighted by atomic mass is 10.2. The molecule has 2 aromatic rings. The normalized spacial score (nSPS) is 11.8. The topological polar surface area (TPSA) is 50.3 Å². The molecular weight excluding hydrogens is 310 g/mol. The van der Waals surface area contributed by atoms with E-state index in [0.29, 0.717) is 12.5 Å². The molecule has 118 valence electrons. The summed E-state index contributed by atoms with van der Waals surface area (Å²) < 4.78 is 53.0. The Morgan fingerprint density at radius 1 is 1.14 bits per heavy atom. The number of hydrogen-bond donors (Lipinski definition) is 0. The molecule has 0 fully saturated rings. The molecule has 1 heterocycles. The van der Waals surface area contributed by atoms with Crippen molar-refractivity contribution in [1.82, 2.24) is 9.29 Å². The van der Waals surface area contributed by atoms with Crippen LogP contribution in [0.25, 0.3) is 0 Å². The lowest BCUT2D eigenvalue weighted by Gasteiger charge is -2.20. The van der Waals surface area contributed by atoms with Crippen molar-refractivity contribution in [3.63, 3.8) is 0 Å². The molecule has 2 rings (SSSR count). The average molecular weight is 326 g/mol. The van der Waals surface area contributed by atoms with Crippen molar-refractivity contribution < 1.29 is 17.2 Å². The Balaban J connectivity index is 2.23. The van der Waals surface area contributed by atoms with Crippen LogP contribution in [0, 0.1) is 11.6 Å². The minimum absolute atomic E-state index is 0.170. The third-order valence-corrected chi connectivity index (χ3v) is 5.25. The minimum atomic E-state index is -4.07. The van der Waals surface area contributed by atoms with Gasteiger partial charge in [0.05, 0.1) is 0 Å². The van der Waals surface area contributed by atoms with E-state index in [1.165, 1.54) is 0 Å². The van der Waals surface area contributed by atoms with Crippen LogP contribution >= 0.6 is 0 Å². The summed E-state index contributed by atoms with van der Waals surface area (Å²) in [7, 11) is -4.07. The van der Waals surface area contributed by atoms with E-state index in [4.69, 9.17) is 0 Å². The predicted octanol–water partition coefficient (Wildman–Crippen LogP) is 2.61. The van der Waals surface area contributed by atoms with Gasteiger partial charge in [0.15, 0.2) is 0 Å². The van der Waals surface area contributed by atoms with Gasteiger partial charge in [-0.1, -0.05) is 6.92 Å². The molecule has 0 amide bonds. The lowest BCUT2D eigenvalue weighted by molar-refractivity contribution is 0.425. The number of halogens is 2. The Kier molecular flexibility index (Phi) is 5.20. The van der Waals surface area contributed by atoms with E-state index >= 15 is 0 Å². The van der Waals surface area contributed by atoms with Gasteiger partial charge in [0.1, 0.15) is 16.5 Å². The number of sulfonamides is 1. The van der Waals surface area contributed by atoms with E-state index < -0.39 is 26.6 Å². The number of rotatable bonds is 6. The van der Waals surface area contributed by atoms with Crippen molar-refractivity contribution in [3.8, 4) is 0 Å². The van der Waals surface area contributed by atoms with Crippen molar-refractivity contribution >= 4 is 10.0 Å². The van der Waals surface area contributed by atoms with Crippen molar-refractivity contribution in [2.45, 2.75) is 18.2 Å². The molecule has 1 aromatic carbocycles. The highest BCUT2D eigenvalue weighted by Gasteiger charge is 2.26. The van der Waals surface area contributed by atoms with Crippen LogP contribution in [0.5, 0.6) is 0 Å². The number of likely N-dealkylation sites (N-methyl/N-ethyl adjacent to an activating group) is 1. The molecule has 0 radical (unpaired) electrons. The molecule has 4 nitrogen and oxygen atoms in total. The molecule has 0 aliphatic carbocycles. The molecule has 0 N–H and O–H groups in total. The van der Waals surface area contributed by atoms with Gasteiger partial charge in [0.2, 0.25) is 10.0 Å². The first-order chi connectivity index (χ1) is 10.4. The number of pyridine rings is 1. The Morgan fingerprint density at radius 3 is 2.45 bits per heavy atom. The zero-order valence-electron chi connectivity index (χ0n) is 12.0. The summed E-state index contributed by atoms with van der Waals surface area (Å²) in [6.07, 6.45) is 3.70. The van der Waals surface area contributed by atoms with Gasteiger partial charge in [0, 0.05) is 25.5 Å². The largest absolute Gasteiger partial charge is 0.265 e. The van der Waals surface area contributed by atoms with Gasteiger partial charge in [-0.25, -0.2) is 17.2 Å². The summed E-state index contributed by atoms with van der Waals surface area (Å²) in [5, 5.41) is 0. The molecule has 0 aliphatic heterocycles.